The number of aromatic nitrogens is 4. The highest BCUT2D eigenvalue weighted by atomic mass is 35.5. The number of aryl methyl sites for hydroxylation is 2. The molecule has 0 unspecified atom stereocenters. The van der Waals surface area contributed by atoms with Gasteiger partial charge in [0.05, 0.1) is 12.2 Å². The zero-order valence-corrected chi connectivity index (χ0v) is 9.36. The van der Waals surface area contributed by atoms with Crippen LogP contribution in [0.1, 0.15) is 17.2 Å². The summed E-state index contributed by atoms with van der Waals surface area (Å²) in [6, 6.07) is 5.90. The van der Waals surface area contributed by atoms with Crippen molar-refractivity contribution < 1.29 is 0 Å². The van der Waals surface area contributed by atoms with Crippen LogP contribution in [0.3, 0.4) is 0 Å². The van der Waals surface area contributed by atoms with Crippen LogP contribution in [0.4, 0.5) is 0 Å². The molecule has 2 aromatic heterocycles. The average Bonchev–Trinajstić information content (AvgIpc) is 2.50. The van der Waals surface area contributed by atoms with E-state index in [2.05, 4.69) is 15.2 Å². The summed E-state index contributed by atoms with van der Waals surface area (Å²) in [5.74, 6) is 0.795. The second-order valence-corrected chi connectivity index (χ2v) is 3.71. The first-order valence-corrected chi connectivity index (χ1v) is 5.02. The Morgan fingerprint density at radius 1 is 1.27 bits per heavy atom. The molecule has 2 aromatic rings. The van der Waals surface area contributed by atoms with E-state index in [1.165, 1.54) is 0 Å². The molecule has 4 nitrogen and oxygen atoms in total. The Morgan fingerprint density at radius 3 is 2.67 bits per heavy atom. The second-order valence-electron chi connectivity index (χ2n) is 3.37. The first-order valence-electron chi connectivity index (χ1n) is 4.64. The van der Waals surface area contributed by atoms with E-state index >= 15 is 0 Å². The van der Waals surface area contributed by atoms with Crippen LogP contribution in [0.2, 0.25) is 5.28 Å². The molecular weight excluding hydrogens is 212 g/mol. The van der Waals surface area contributed by atoms with Crippen molar-refractivity contribution in [2.24, 2.45) is 0 Å². The van der Waals surface area contributed by atoms with E-state index in [1.807, 2.05) is 36.6 Å². The number of hydrogen-bond donors (Lipinski definition) is 0. The topological polar surface area (TPSA) is 43.6 Å². The zero-order valence-electron chi connectivity index (χ0n) is 8.61. The molecule has 2 heterocycles. The summed E-state index contributed by atoms with van der Waals surface area (Å²) < 4.78 is 1.82. The van der Waals surface area contributed by atoms with E-state index < -0.39 is 0 Å². The monoisotopic (exact) mass is 222 g/mol. The van der Waals surface area contributed by atoms with Gasteiger partial charge in [0, 0.05) is 5.69 Å². The van der Waals surface area contributed by atoms with Crippen LogP contribution in [0.15, 0.2) is 18.2 Å². The maximum atomic E-state index is 5.90. The quantitative estimate of drug-likeness (QED) is 0.781. The van der Waals surface area contributed by atoms with Crippen LogP contribution in [-0.4, -0.2) is 19.7 Å². The number of hydrogen-bond acceptors (Lipinski definition) is 3. The molecule has 78 valence electrons. The fraction of sp³-hybridized carbons (Fsp3) is 0.300. The first-order chi connectivity index (χ1) is 7.16. The van der Waals surface area contributed by atoms with E-state index in [9.17, 15) is 0 Å². The lowest BCUT2D eigenvalue weighted by Crippen LogP contribution is -2.04. The third-order valence-corrected chi connectivity index (χ3v) is 2.44. The first kappa shape index (κ1) is 10.1. The lowest BCUT2D eigenvalue weighted by molar-refractivity contribution is 0.739. The molecule has 15 heavy (non-hydrogen) atoms. The Labute approximate surface area is 92.9 Å². The Hall–Kier alpha value is -1.42. The van der Waals surface area contributed by atoms with Gasteiger partial charge in [0.1, 0.15) is 5.82 Å². The van der Waals surface area contributed by atoms with Crippen LogP contribution in [0.5, 0.6) is 0 Å². The van der Waals surface area contributed by atoms with Crippen molar-refractivity contribution in [3.63, 3.8) is 0 Å². The minimum atomic E-state index is 0.399. The fourth-order valence-corrected chi connectivity index (χ4v) is 1.60. The lowest BCUT2D eigenvalue weighted by Gasteiger charge is -2.05. The molecule has 0 atom stereocenters. The van der Waals surface area contributed by atoms with Gasteiger partial charge in [-0.25, -0.2) is 0 Å². The van der Waals surface area contributed by atoms with Gasteiger partial charge < -0.3 is 0 Å². The predicted molar refractivity (Wildman–Crippen MR) is 57.8 cm³/mol. The van der Waals surface area contributed by atoms with Gasteiger partial charge in [0.25, 0.3) is 0 Å². The van der Waals surface area contributed by atoms with Crippen LogP contribution in [0, 0.1) is 13.8 Å². The molecule has 2 rings (SSSR count). The Kier molecular flexibility index (Phi) is 2.68. The summed E-state index contributed by atoms with van der Waals surface area (Å²) >= 11 is 5.90. The van der Waals surface area contributed by atoms with Crippen LogP contribution in [-0.2, 0) is 6.54 Å². The van der Waals surface area contributed by atoms with Gasteiger partial charge in [-0.1, -0.05) is 6.07 Å². The molecule has 5 heteroatoms. The number of rotatable bonds is 2. The molecule has 0 amide bonds. The van der Waals surface area contributed by atoms with E-state index in [1.54, 1.807) is 0 Å². The maximum Gasteiger partial charge on any atom is 0.225 e. The molecule has 0 aliphatic heterocycles. The molecule has 0 fully saturated rings. The Bertz CT molecular complexity index is 459. The normalized spacial score (nSPS) is 10.6. The van der Waals surface area contributed by atoms with Gasteiger partial charge >= 0.3 is 0 Å². The minimum absolute atomic E-state index is 0.399. The van der Waals surface area contributed by atoms with Gasteiger partial charge in [0.15, 0.2) is 0 Å². The lowest BCUT2D eigenvalue weighted by atomic mass is 10.3. The smallest absolute Gasteiger partial charge is 0.225 e. The maximum absolute atomic E-state index is 5.90. The molecule has 0 bridgehead atoms. The third-order valence-electron chi connectivity index (χ3n) is 2.16. The van der Waals surface area contributed by atoms with Gasteiger partial charge in [0.2, 0.25) is 5.28 Å². The molecule has 0 radical (unpaired) electrons. The SMILES string of the molecule is Cc1cccc(Cn2c(C)nnc2Cl)n1. The molecular formula is C10H11ClN4. The van der Waals surface area contributed by atoms with Crippen LogP contribution >= 0.6 is 11.6 Å². The molecule has 0 N–H and O–H groups in total. The van der Waals surface area contributed by atoms with Crippen LogP contribution in [0.25, 0.3) is 0 Å². The van der Waals surface area contributed by atoms with E-state index in [4.69, 9.17) is 11.6 Å². The van der Waals surface area contributed by atoms with Crippen molar-refractivity contribution in [2.75, 3.05) is 0 Å². The summed E-state index contributed by atoms with van der Waals surface area (Å²) in [5.41, 5.74) is 1.95. The molecule has 0 aromatic carbocycles. The van der Waals surface area contributed by atoms with Crippen molar-refractivity contribution in [1.29, 1.82) is 0 Å². The summed E-state index contributed by atoms with van der Waals surface area (Å²) in [6.07, 6.45) is 0. The molecule has 0 aliphatic carbocycles. The highest BCUT2D eigenvalue weighted by molar-refractivity contribution is 6.28. The molecule has 0 aliphatic rings. The van der Waals surface area contributed by atoms with Crippen LogP contribution < -0.4 is 0 Å². The highest BCUT2D eigenvalue weighted by Crippen LogP contribution is 2.10. The van der Waals surface area contributed by atoms with Gasteiger partial charge in [-0.15, -0.1) is 10.2 Å². The van der Waals surface area contributed by atoms with Crippen molar-refractivity contribution >= 4 is 11.6 Å². The minimum Gasteiger partial charge on any atom is -0.296 e. The van der Waals surface area contributed by atoms with E-state index in [-0.39, 0.29) is 0 Å². The zero-order chi connectivity index (χ0) is 10.8. The predicted octanol–water partition coefficient (Wildman–Crippen LogP) is 1.99. The highest BCUT2D eigenvalue weighted by Gasteiger charge is 2.06. The van der Waals surface area contributed by atoms with Crippen molar-refractivity contribution in [2.45, 2.75) is 20.4 Å². The standard InChI is InChI=1S/C10H11ClN4/c1-7-4-3-5-9(12-7)6-15-8(2)13-14-10(15)11/h3-5H,6H2,1-2H3. The van der Waals surface area contributed by atoms with E-state index in [0.717, 1.165) is 17.2 Å². The largest absolute Gasteiger partial charge is 0.296 e. The Balaban J connectivity index is 2.29. The fourth-order valence-electron chi connectivity index (χ4n) is 1.38. The second kappa shape index (κ2) is 3.98. The number of nitrogens with zero attached hydrogens (tertiary/aromatic N) is 4. The Morgan fingerprint density at radius 2 is 2.07 bits per heavy atom. The average molecular weight is 223 g/mol. The number of pyridine rings is 1. The summed E-state index contributed by atoms with van der Waals surface area (Å²) in [4.78, 5) is 4.40. The molecule has 0 saturated carbocycles. The van der Waals surface area contributed by atoms with Crippen molar-refractivity contribution in [3.05, 3.63) is 40.7 Å². The van der Waals surface area contributed by atoms with Gasteiger partial charge in [-0.2, -0.15) is 0 Å². The summed E-state index contributed by atoms with van der Waals surface area (Å²) in [5, 5.41) is 8.07. The molecule has 0 saturated heterocycles. The van der Waals surface area contributed by atoms with Gasteiger partial charge in [-0.3, -0.25) is 9.55 Å². The third kappa shape index (κ3) is 2.15. The van der Waals surface area contributed by atoms with Crippen molar-refractivity contribution in [3.8, 4) is 0 Å². The summed E-state index contributed by atoms with van der Waals surface area (Å²) in [7, 11) is 0. The van der Waals surface area contributed by atoms with E-state index in [0.29, 0.717) is 11.8 Å². The van der Waals surface area contributed by atoms with Gasteiger partial charge in [-0.05, 0) is 37.6 Å². The van der Waals surface area contributed by atoms with Crippen molar-refractivity contribution in [1.82, 2.24) is 19.7 Å². The summed E-state index contributed by atoms with van der Waals surface area (Å²) in [6.45, 7) is 4.44. The number of halogens is 1. The molecule has 0 spiro atoms.